The maximum Gasteiger partial charge on any atom is 0.257 e. The van der Waals surface area contributed by atoms with Crippen molar-refractivity contribution in [3.63, 3.8) is 0 Å². The molecule has 0 saturated heterocycles. The summed E-state index contributed by atoms with van der Waals surface area (Å²) in [5.41, 5.74) is 1.99. The number of unbranched alkanes of at least 4 members (excludes halogenated alkanes) is 1. The molecule has 0 bridgehead atoms. The molecule has 0 fully saturated rings. The molecule has 0 unspecified atom stereocenters. The summed E-state index contributed by atoms with van der Waals surface area (Å²) in [6, 6.07) is 18.8. The highest BCUT2D eigenvalue weighted by Gasteiger charge is 2.12. The zero-order chi connectivity index (χ0) is 24.5. The first kappa shape index (κ1) is 25.7. The van der Waals surface area contributed by atoms with Crippen LogP contribution < -0.4 is 20.7 Å². The zero-order valence-electron chi connectivity index (χ0n) is 18.4. The molecule has 3 aromatic carbocycles. The Morgan fingerprint density at radius 3 is 2.35 bits per heavy atom. The van der Waals surface area contributed by atoms with Gasteiger partial charge in [0.25, 0.3) is 11.8 Å². The van der Waals surface area contributed by atoms with Crippen molar-refractivity contribution < 1.29 is 14.3 Å². The number of carbonyl (C=O) groups excluding carboxylic acids is 2. The van der Waals surface area contributed by atoms with Crippen molar-refractivity contribution in [1.29, 1.82) is 0 Å². The molecule has 0 heterocycles. The fraction of sp³-hybridized carbons (Fsp3) is 0.160. The molecule has 0 spiro atoms. The smallest absolute Gasteiger partial charge is 0.257 e. The van der Waals surface area contributed by atoms with Crippen LogP contribution in [0.15, 0.2) is 71.2 Å². The molecular weight excluding hydrogens is 538 g/mol. The van der Waals surface area contributed by atoms with Crippen molar-refractivity contribution in [3.05, 3.63) is 87.4 Å². The number of ether oxygens (including phenoxy) is 1. The van der Waals surface area contributed by atoms with E-state index in [0.29, 0.717) is 44.4 Å². The second-order valence-corrected chi connectivity index (χ2v) is 9.00. The Balaban J connectivity index is 1.59. The first-order chi connectivity index (χ1) is 16.4. The molecule has 0 aliphatic carbocycles. The number of benzene rings is 3. The third-order valence-corrected chi connectivity index (χ3v) is 5.70. The van der Waals surface area contributed by atoms with Gasteiger partial charge in [-0.15, -0.1) is 0 Å². The summed E-state index contributed by atoms with van der Waals surface area (Å²) >= 11 is 14.7. The average Bonchev–Trinajstić information content (AvgIpc) is 2.80. The number of hydrogen-bond acceptors (Lipinski definition) is 4. The highest BCUT2D eigenvalue weighted by atomic mass is 79.9. The van der Waals surface area contributed by atoms with Crippen LogP contribution in [0.4, 0.5) is 11.4 Å². The van der Waals surface area contributed by atoms with E-state index in [2.05, 4.69) is 38.8 Å². The van der Waals surface area contributed by atoms with Crippen LogP contribution in [0.2, 0.25) is 5.02 Å². The summed E-state index contributed by atoms with van der Waals surface area (Å²) in [6.07, 6.45) is 2.00. The molecule has 6 nitrogen and oxygen atoms in total. The van der Waals surface area contributed by atoms with E-state index in [0.717, 1.165) is 12.8 Å². The SMILES string of the molecule is CCCCOc1ccc(C(=O)NC(=S)Nc2cccc(C(=O)Nc3cccc(Cl)c3)c2)cc1Br. The van der Waals surface area contributed by atoms with E-state index >= 15 is 0 Å². The molecule has 3 N–H and O–H groups in total. The fourth-order valence-electron chi connectivity index (χ4n) is 2.93. The van der Waals surface area contributed by atoms with E-state index < -0.39 is 0 Å². The number of halogens is 2. The van der Waals surface area contributed by atoms with Crippen molar-refractivity contribution in [3.8, 4) is 5.75 Å². The summed E-state index contributed by atoms with van der Waals surface area (Å²) in [7, 11) is 0. The van der Waals surface area contributed by atoms with Gasteiger partial charge in [-0.3, -0.25) is 14.9 Å². The number of hydrogen-bond donors (Lipinski definition) is 3. The van der Waals surface area contributed by atoms with Crippen molar-refractivity contribution >= 4 is 68.1 Å². The Kier molecular flexibility index (Phi) is 9.44. The van der Waals surface area contributed by atoms with Crippen molar-refractivity contribution in [2.75, 3.05) is 17.2 Å². The summed E-state index contributed by atoms with van der Waals surface area (Å²) in [5.74, 6) is 0.0127. The molecule has 0 atom stereocenters. The second-order valence-electron chi connectivity index (χ2n) is 7.30. The van der Waals surface area contributed by atoms with E-state index in [1.807, 2.05) is 0 Å². The van der Waals surface area contributed by atoms with Crippen molar-refractivity contribution in [1.82, 2.24) is 5.32 Å². The van der Waals surface area contributed by atoms with E-state index in [1.165, 1.54) is 0 Å². The van der Waals surface area contributed by atoms with Crippen LogP contribution >= 0.6 is 39.7 Å². The third-order valence-electron chi connectivity index (χ3n) is 4.64. The minimum Gasteiger partial charge on any atom is -0.492 e. The Morgan fingerprint density at radius 1 is 0.941 bits per heavy atom. The topological polar surface area (TPSA) is 79.5 Å². The molecule has 34 heavy (non-hydrogen) atoms. The minimum absolute atomic E-state index is 0.108. The van der Waals surface area contributed by atoms with Gasteiger partial charge in [0, 0.05) is 27.5 Å². The van der Waals surface area contributed by atoms with Gasteiger partial charge in [-0.1, -0.05) is 37.1 Å². The summed E-state index contributed by atoms with van der Waals surface area (Å²) in [5, 5.41) is 9.00. The molecule has 0 aliphatic heterocycles. The van der Waals surface area contributed by atoms with Gasteiger partial charge < -0.3 is 15.4 Å². The van der Waals surface area contributed by atoms with E-state index in [4.69, 9.17) is 28.6 Å². The van der Waals surface area contributed by atoms with Gasteiger partial charge in [-0.2, -0.15) is 0 Å². The highest BCUT2D eigenvalue weighted by molar-refractivity contribution is 9.10. The lowest BCUT2D eigenvalue weighted by molar-refractivity contribution is 0.0976. The van der Waals surface area contributed by atoms with Gasteiger partial charge in [0.2, 0.25) is 0 Å². The second kappa shape index (κ2) is 12.5. The standard InChI is InChI=1S/C25H23BrClN3O3S/c1-2-3-12-33-22-11-10-17(14-21(22)26)24(32)30-25(34)29-19-8-4-6-16(13-19)23(31)28-20-9-5-7-18(27)15-20/h4-11,13-15H,2-3,12H2,1H3,(H,28,31)(H2,29,30,32,34). The molecule has 0 radical (unpaired) electrons. The van der Waals surface area contributed by atoms with Gasteiger partial charge in [0.15, 0.2) is 5.11 Å². The normalized spacial score (nSPS) is 10.3. The first-order valence-electron chi connectivity index (χ1n) is 10.6. The predicted octanol–water partition coefficient (Wildman–Crippen LogP) is 6.66. The Morgan fingerprint density at radius 2 is 1.65 bits per heavy atom. The Hall–Kier alpha value is -2.94. The highest BCUT2D eigenvalue weighted by Crippen LogP contribution is 2.26. The van der Waals surface area contributed by atoms with E-state index in [1.54, 1.807) is 66.7 Å². The number of nitrogens with one attached hydrogen (secondary N) is 3. The fourth-order valence-corrected chi connectivity index (χ4v) is 3.83. The van der Waals surface area contributed by atoms with Gasteiger partial charge in [-0.05, 0) is 89.2 Å². The summed E-state index contributed by atoms with van der Waals surface area (Å²) in [4.78, 5) is 25.2. The van der Waals surface area contributed by atoms with Crippen LogP contribution in [0.1, 0.15) is 40.5 Å². The lowest BCUT2D eigenvalue weighted by atomic mass is 10.2. The van der Waals surface area contributed by atoms with Gasteiger partial charge in [0.1, 0.15) is 5.75 Å². The molecule has 2 amide bonds. The molecule has 9 heteroatoms. The van der Waals surface area contributed by atoms with E-state index in [9.17, 15) is 9.59 Å². The largest absolute Gasteiger partial charge is 0.492 e. The van der Waals surface area contributed by atoms with Crippen LogP contribution in [0.5, 0.6) is 5.75 Å². The molecule has 3 aromatic rings. The van der Waals surface area contributed by atoms with Gasteiger partial charge in [-0.25, -0.2) is 0 Å². The number of anilines is 2. The van der Waals surface area contributed by atoms with Gasteiger partial charge >= 0.3 is 0 Å². The summed E-state index contributed by atoms with van der Waals surface area (Å²) < 4.78 is 6.38. The lowest BCUT2D eigenvalue weighted by Crippen LogP contribution is -2.34. The number of thiocarbonyl (C=S) groups is 1. The maximum absolute atomic E-state index is 12.6. The lowest BCUT2D eigenvalue weighted by Gasteiger charge is -2.12. The zero-order valence-corrected chi connectivity index (χ0v) is 21.5. The van der Waals surface area contributed by atoms with Crippen LogP contribution in [-0.4, -0.2) is 23.5 Å². The Labute approximate surface area is 217 Å². The van der Waals surface area contributed by atoms with Crippen LogP contribution in [-0.2, 0) is 0 Å². The first-order valence-corrected chi connectivity index (χ1v) is 12.2. The van der Waals surface area contributed by atoms with E-state index in [-0.39, 0.29) is 16.9 Å². The quantitative estimate of drug-likeness (QED) is 0.212. The minimum atomic E-state index is -0.367. The molecular formula is C25H23BrClN3O3S. The maximum atomic E-state index is 12.6. The number of amides is 2. The van der Waals surface area contributed by atoms with Gasteiger partial charge in [0.05, 0.1) is 11.1 Å². The Bertz CT molecular complexity index is 1210. The number of rotatable bonds is 8. The molecule has 0 aromatic heterocycles. The predicted molar refractivity (Wildman–Crippen MR) is 144 cm³/mol. The average molecular weight is 561 g/mol. The van der Waals surface area contributed by atoms with Crippen molar-refractivity contribution in [2.24, 2.45) is 0 Å². The van der Waals surface area contributed by atoms with Crippen LogP contribution in [0.3, 0.4) is 0 Å². The van der Waals surface area contributed by atoms with Crippen molar-refractivity contribution in [2.45, 2.75) is 19.8 Å². The third kappa shape index (κ3) is 7.55. The number of carbonyl (C=O) groups is 2. The molecule has 0 aliphatic rings. The van der Waals surface area contributed by atoms with Crippen LogP contribution in [0.25, 0.3) is 0 Å². The molecule has 3 rings (SSSR count). The molecule has 176 valence electrons. The summed E-state index contributed by atoms with van der Waals surface area (Å²) in [6.45, 7) is 2.71. The molecule has 0 saturated carbocycles. The monoisotopic (exact) mass is 559 g/mol. The van der Waals surface area contributed by atoms with Crippen LogP contribution in [0, 0.1) is 0 Å².